The second-order valence-electron chi connectivity index (χ2n) is 7.93. The number of nitrogens with one attached hydrogen (secondary N) is 1. The van der Waals surface area contributed by atoms with E-state index in [4.69, 9.17) is 4.74 Å². The average molecular weight is 421 g/mol. The van der Waals surface area contributed by atoms with Crippen LogP contribution in [0, 0.1) is 12.7 Å². The van der Waals surface area contributed by atoms with Gasteiger partial charge in [-0.05, 0) is 62.7 Å². The van der Waals surface area contributed by atoms with E-state index in [0.29, 0.717) is 24.5 Å². The molecule has 0 fully saturated rings. The Morgan fingerprint density at radius 2 is 1.71 bits per heavy atom. The fourth-order valence-electron chi connectivity index (χ4n) is 3.31. The topological polar surface area (TPSA) is 41.6 Å². The van der Waals surface area contributed by atoms with Crippen LogP contribution in [0.2, 0.25) is 0 Å². The summed E-state index contributed by atoms with van der Waals surface area (Å²) in [5.41, 5.74) is 2.92. The van der Waals surface area contributed by atoms with E-state index < -0.39 is 6.10 Å². The highest BCUT2D eigenvalue weighted by Crippen LogP contribution is 2.17. The molecule has 4 nitrogen and oxygen atoms in total. The van der Waals surface area contributed by atoms with Gasteiger partial charge in [0.1, 0.15) is 11.6 Å². The Kier molecular flexibility index (Phi) is 7.79. The lowest BCUT2D eigenvalue weighted by Crippen LogP contribution is -2.45. The van der Waals surface area contributed by atoms with E-state index in [2.05, 4.69) is 49.2 Å². The standard InChI is InChI=1S/C26H29FN2O2/c1-19(2)29(17-21-9-7-8-20(3)16-21)18-25(31-24-10-5-4-6-11-24)26(30)28-23-14-12-22(27)13-15-23/h4-16,19,25H,17-18H2,1-3H3,(H,28,30). The highest BCUT2D eigenvalue weighted by Gasteiger charge is 2.25. The van der Waals surface area contributed by atoms with Crippen LogP contribution in [0.3, 0.4) is 0 Å². The van der Waals surface area contributed by atoms with E-state index in [1.807, 2.05) is 36.4 Å². The third-order valence-electron chi connectivity index (χ3n) is 5.02. The van der Waals surface area contributed by atoms with Crippen LogP contribution in [0.4, 0.5) is 10.1 Å². The van der Waals surface area contributed by atoms with Gasteiger partial charge in [-0.25, -0.2) is 4.39 Å². The van der Waals surface area contributed by atoms with E-state index >= 15 is 0 Å². The van der Waals surface area contributed by atoms with Crippen molar-refractivity contribution in [3.63, 3.8) is 0 Å². The highest BCUT2D eigenvalue weighted by molar-refractivity contribution is 5.94. The minimum Gasteiger partial charge on any atom is -0.479 e. The summed E-state index contributed by atoms with van der Waals surface area (Å²) in [6.45, 7) is 7.40. The summed E-state index contributed by atoms with van der Waals surface area (Å²) in [7, 11) is 0. The molecule has 3 aromatic carbocycles. The zero-order chi connectivity index (χ0) is 22.2. The maximum absolute atomic E-state index is 13.2. The number of hydrogen-bond acceptors (Lipinski definition) is 3. The van der Waals surface area contributed by atoms with Crippen molar-refractivity contribution in [1.82, 2.24) is 4.90 Å². The first kappa shape index (κ1) is 22.5. The molecule has 0 bridgehead atoms. The number of rotatable bonds is 9. The van der Waals surface area contributed by atoms with Gasteiger partial charge in [0.2, 0.25) is 0 Å². The first-order chi connectivity index (χ1) is 14.9. The quantitative estimate of drug-likeness (QED) is 0.502. The maximum Gasteiger partial charge on any atom is 0.266 e. The largest absolute Gasteiger partial charge is 0.479 e. The van der Waals surface area contributed by atoms with Gasteiger partial charge in [0.15, 0.2) is 6.10 Å². The van der Waals surface area contributed by atoms with Crippen LogP contribution in [0.15, 0.2) is 78.9 Å². The Morgan fingerprint density at radius 3 is 2.35 bits per heavy atom. The summed E-state index contributed by atoms with van der Waals surface area (Å²) in [5, 5.41) is 2.85. The van der Waals surface area contributed by atoms with Crippen LogP contribution in [0.5, 0.6) is 5.75 Å². The van der Waals surface area contributed by atoms with E-state index in [1.54, 1.807) is 12.1 Å². The van der Waals surface area contributed by atoms with Gasteiger partial charge in [-0.2, -0.15) is 0 Å². The second kappa shape index (κ2) is 10.7. The number of benzene rings is 3. The van der Waals surface area contributed by atoms with Crippen molar-refractivity contribution in [3.05, 3.63) is 95.8 Å². The molecule has 1 amide bonds. The molecule has 1 N–H and O–H groups in total. The number of para-hydroxylation sites is 1. The van der Waals surface area contributed by atoms with Gasteiger partial charge in [-0.15, -0.1) is 0 Å². The fraction of sp³-hybridized carbons (Fsp3) is 0.269. The molecule has 31 heavy (non-hydrogen) atoms. The number of halogens is 1. The average Bonchev–Trinajstić information content (AvgIpc) is 2.75. The molecule has 0 spiro atoms. The molecular formula is C26H29FN2O2. The molecule has 0 saturated heterocycles. The Labute approximate surface area is 183 Å². The van der Waals surface area contributed by atoms with Gasteiger partial charge >= 0.3 is 0 Å². The molecule has 0 saturated carbocycles. The Morgan fingerprint density at radius 1 is 1.00 bits per heavy atom. The molecule has 0 aromatic heterocycles. The van der Waals surface area contributed by atoms with Gasteiger partial charge in [-0.3, -0.25) is 9.69 Å². The molecule has 162 valence electrons. The monoisotopic (exact) mass is 420 g/mol. The second-order valence-corrected chi connectivity index (χ2v) is 7.93. The number of hydrogen-bond donors (Lipinski definition) is 1. The van der Waals surface area contributed by atoms with E-state index in [0.717, 1.165) is 0 Å². The predicted octanol–water partition coefficient (Wildman–Crippen LogP) is 5.43. The van der Waals surface area contributed by atoms with Crippen molar-refractivity contribution in [2.24, 2.45) is 0 Å². The summed E-state index contributed by atoms with van der Waals surface area (Å²) in [5.74, 6) is 0.00518. The van der Waals surface area contributed by atoms with E-state index in [-0.39, 0.29) is 17.8 Å². The van der Waals surface area contributed by atoms with Gasteiger partial charge < -0.3 is 10.1 Å². The molecule has 1 unspecified atom stereocenters. The lowest BCUT2D eigenvalue weighted by Gasteiger charge is -2.30. The Balaban J connectivity index is 1.79. The highest BCUT2D eigenvalue weighted by atomic mass is 19.1. The molecule has 0 heterocycles. The molecule has 0 aliphatic heterocycles. The van der Waals surface area contributed by atoms with E-state index in [1.165, 1.54) is 23.3 Å². The fourth-order valence-corrected chi connectivity index (χ4v) is 3.31. The van der Waals surface area contributed by atoms with Crippen molar-refractivity contribution in [2.45, 2.75) is 39.5 Å². The maximum atomic E-state index is 13.2. The van der Waals surface area contributed by atoms with Crippen molar-refractivity contribution in [3.8, 4) is 5.75 Å². The Bertz CT molecular complexity index is 974. The number of carbonyl (C=O) groups is 1. The smallest absolute Gasteiger partial charge is 0.266 e. The van der Waals surface area contributed by atoms with Crippen LogP contribution in [0.25, 0.3) is 0 Å². The number of aryl methyl sites for hydroxylation is 1. The van der Waals surface area contributed by atoms with E-state index in [9.17, 15) is 9.18 Å². The van der Waals surface area contributed by atoms with Crippen LogP contribution < -0.4 is 10.1 Å². The summed E-state index contributed by atoms with van der Waals surface area (Å²) in [6, 6.07) is 23.6. The van der Waals surface area contributed by atoms with Crippen molar-refractivity contribution >= 4 is 11.6 Å². The van der Waals surface area contributed by atoms with Gasteiger partial charge in [-0.1, -0.05) is 48.0 Å². The number of amides is 1. The Hall–Kier alpha value is -3.18. The third kappa shape index (κ3) is 6.93. The van der Waals surface area contributed by atoms with Crippen LogP contribution >= 0.6 is 0 Å². The molecule has 0 aliphatic carbocycles. The molecule has 3 rings (SSSR count). The van der Waals surface area contributed by atoms with Crippen molar-refractivity contribution in [2.75, 3.05) is 11.9 Å². The van der Waals surface area contributed by atoms with Crippen LogP contribution in [-0.4, -0.2) is 29.5 Å². The molecule has 5 heteroatoms. The molecule has 0 aliphatic rings. The third-order valence-corrected chi connectivity index (χ3v) is 5.02. The number of anilines is 1. The SMILES string of the molecule is Cc1cccc(CN(CC(Oc2ccccc2)C(=O)Nc2ccc(F)cc2)C(C)C)c1. The molecule has 1 atom stereocenters. The zero-order valence-corrected chi connectivity index (χ0v) is 18.2. The van der Waals surface area contributed by atoms with Gasteiger partial charge in [0, 0.05) is 24.8 Å². The number of ether oxygens (including phenoxy) is 1. The van der Waals surface area contributed by atoms with Gasteiger partial charge in [0.25, 0.3) is 5.91 Å². The first-order valence-corrected chi connectivity index (χ1v) is 10.5. The molecular weight excluding hydrogens is 391 g/mol. The van der Waals surface area contributed by atoms with Crippen molar-refractivity contribution < 1.29 is 13.9 Å². The lowest BCUT2D eigenvalue weighted by atomic mass is 10.1. The predicted molar refractivity (Wildman–Crippen MR) is 123 cm³/mol. The summed E-state index contributed by atoms with van der Waals surface area (Å²) in [6.07, 6.45) is -0.736. The van der Waals surface area contributed by atoms with Crippen molar-refractivity contribution in [1.29, 1.82) is 0 Å². The summed E-state index contributed by atoms with van der Waals surface area (Å²) >= 11 is 0. The normalized spacial score (nSPS) is 12.1. The summed E-state index contributed by atoms with van der Waals surface area (Å²) in [4.78, 5) is 15.3. The van der Waals surface area contributed by atoms with Crippen LogP contribution in [0.1, 0.15) is 25.0 Å². The summed E-state index contributed by atoms with van der Waals surface area (Å²) < 4.78 is 19.3. The van der Waals surface area contributed by atoms with Gasteiger partial charge in [0.05, 0.1) is 0 Å². The lowest BCUT2D eigenvalue weighted by molar-refractivity contribution is -0.123. The van der Waals surface area contributed by atoms with Crippen LogP contribution in [-0.2, 0) is 11.3 Å². The first-order valence-electron chi connectivity index (χ1n) is 10.5. The zero-order valence-electron chi connectivity index (χ0n) is 18.2. The minimum atomic E-state index is -0.736. The number of carbonyl (C=O) groups excluding carboxylic acids is 1. The number of nitrogens with zero attached hydrogens (tertiary/aromatic N) is 1. The molecule has 3 aromatic rings. The minimum absolute atomic E-state index is 0.209. The molecule has 0 radical (unpaired) electrons.